The fourth-order valence-corrected chi connectivity index (χ4v) is 2.73. The lowest BCUT2D eigenvalue weighted by Gasteiger charge is -2.21. The lowest BCUT2D eigenvalue weighted by molar-refractivity contribution is -0.117. The number of carbonyl (C=O) groups is 2. The zero-order valence-corrected chi connectivity index (χ0v) is 15.7. The summed E-state index contributed by atoms with van der Waals surface area (Å²) in [6.45, 7) is 1.48. The van der Waals surface area contributed by atoms with Gasteiger partial charge in [0.25, 0.3) is 0 Å². The van der Waals surface area contributed by atoms with Gasteiger partial charge in [0.1, 0.15) is 11.6 Å². The predicted octanol–water partition coefficient (Wildman–Crippen LogP) is 4.52. The van der Waals surface area contributed by atoms with E-state index >= 15 is 0 Å². The molecule has 2 rings (SSSR count). The number of carbonyl (C=O) groups excluding carboxylic acids is 2. The molecule has 1 N–H and O–H groups in total. The number of anilines is 2. The quantitative estimate of drug-likeness (QED) is 0.777. The fraction of sp³-hybridized carbons (Fsp3) is 0.222. The molecular weight excluding hydrogens is 382 g/mol. The zero-order chi connectivity index (χ0) is 19.3. The van der Waals surface area contributed by atoms with Crippen molar-refractivity contribution in [2.24, 2.45) is 0 Å². The van der Waals surface area contributed by atoms with E-state index in [-0.39, 0.29) is 29.8 Å². The molecule has 0 fully saturated rings. The highest BCUT2D eigenvalue weighted by atomic mass is 35.5. The molecule has 0 aliphatic heterocycles. The van der Waals surface area contributed by atoms with E-state index in [1.165, 1.54) is 37.1 Å². The summed E-state index contributed by atoms with van der Waals surface area (Å²) in [6, 6.07) is 8.82. The number of rotatable bonds is 6. The van der Waals surface area contributed by atoms with Crippen molar-refractivity contribution in [1.29, 1.82) is 0 Å². The minimum Gasteiger partial charge on any atom is -0.495 e. The second-order valence-electron chi connectivity index (χ2n) is 5.42. The van der Waals surface area contributed by atoms with E-state index in [0.717, 1.165) is 0 Å². The van der Waals surface area contributed by atoms with Crippen LogP contribution < -0.4 is 15.0 Å². The van der Waals surface area contributed by atoms with E-state index < -0.39 is 5.82 Å². The number of ether oxygens (including phenoxy) is 1. The topological polar surface area (TPSA) is 58.6 Å². The first kappa shape index (κ1) is 20.0. The first-order valence-corrected chi connectivity index (χ1v) is 8.44. The summed E-state index contributed by atoms with van der Waals surface area (Å²) in [4.78, 5) is 25.4. The summed E-state index contributed by atoms with van der Waals surface area (Å²) in [5.74, 6) is -0.660. The van der Waals surface area contributed by atoms with Gasteiger partial charge in [-0.25, -0.2) is 4.39 Å². The van der Waals surface area contributed by atoms with Crippen molar-refractivity contribution in [2.45, 2.75) is 13.3 Å². The molecule has 0 saturated carbocycles. The normalized spacial score (nSPS) is 10.3. The van der Waals surface area contributed by atoms with Crippen molar-refractivity contribution in [3.8, 4) is 5.75 Å². The molecule has 0 aliphatic carbocycles. The zero-order valence-electron chi connectivity index (χ0n) is 14.2. The third kappa shape index (κ3) is 5.09. The first-order valence-electron chi connectivity index (χ1n) is 7.68. The Morgan fingerprint density at radius 3 is 2.46 bits per heavy atom. The van der Waals surface area contributed by atoms with Gasteiger partial charge in [-0.3, -0.25) is 9.59 Å². The van der Waals surface area contributed by atoms with Crippen LogP contribution in [-0.2, 0) is 9.59 Å². The summed E-state index contributed by atoms with van der Waals surface area (Å²) in [5, 5.41) is 2.98. The predicted molar refractivity (Wildman–Crippen MR) is 101 cm³/mol. The highest BCUT2D eigenvalue weighted by Crippen LogP contribution is 2.27. The van der Waals surface area contributed by atoms with Crippen LogP contribution in [0.2, 0.25) is 10.0 Å². The van der Waals surface area contributed by atoms with Crippen LogP contribution in [0.5, 0.6) is 5.75 Å². The molecule has 0 saturated heterocycles. The van der Waals surface area contributed by atoms with Crippen LogP contribution in [0.3, 0.4) is 0 Å². The maximum atomic E-state index is 13.3. The number of amides is 2. The van der Waals surface area contributed by atoms with E-state index in [1.807, 2.05) is 0 Å². The number of benzene rings is 2. The molecule has 2 aromatic rings. The smallest absolute Gasteiger partial charge is 0.226 e. The molecule has 2 amide bonds. The van der Waals surface area contributed by atoms with Crippen LogP contribution in [0.4, 0.5) is 15.8 Å². The number of methoxy groups -OCH3 is 1. The Bertz CT molecular complexity index is 830. The Kier molecular flexibility index (Phi) is 6.83. The standard InChI is InChI=1S/C18H17Cl2FN2O3/c1-11(24)23(13-4-5-16(21)14(19)10-13)8-7-18(25)22-12-3-6-17(26-2)15(20)9-12/h3-6,9-10H,7-8H2,1-2H3,(H,22,25). The summed E-state index contributed by atoms with van der Waals surface area (Å²) in [7, 11) is 1.50. The summed E-state index contributed by atoms with van der Waals surface area (Å²) < 4.78 is 18.3. The average Bonchev–Trinajstić information content (AvgIpc) is 2.58. The van der Waals surface area contributed by atoms with Gasteiger partial charge in [-0.1, -0.05) is 23.2 Å². The Morgan fingerprint density at radius 1 is 1.15 bits per heavy atom. The SMILES string of the molecule is COc1ccc(NC(=O)CCN(C(C)=O)c2ccc(F)c(Cl)c2)cc1Cl. The molecule has 2 aromatic carbocycles. The van der Waals surface area contributed by atoms with Gasteiger partial charge in [0, 0.05) is 31.3 Å². The van der Waals surface area contributed by atoms with Gasteiger partial charge in [-0.2, -0.15) is 0 Å². The molecule has 0 aliphatic rings. The third-order valence-electron chi connectivity index (χ3n) is 3.59. The van der Waals surface area contributed by atoms with E-state index in [4.69, 9.17) is 27.9 Å². The number of hydrogen-bond acceptors (Lipinski definition) is 3. The van der Waals surface area contributed by atoms with Crippen molar-refractivity contribution in [1.82, 2.24) is 0 Å². The van der Waals surface area contributed by atoms with Crippen LogP contribution in [0.15, 0.2) is 36.4 Å². The highest BCUT2D eigenvalue weighted by molar-refractivity contribution is 6.32. The second-order valence-corrected chi connectivity index (χ2v) is 6.23. The second kappa shape index (κ2) is 8.87. The van der Waals surface area contributed by atoms with Gasteiger partial charge >= 0.3 is 0 Å². The molecule has 0 spiro atoms. The summed E-state index contributed by atoms with van der Waals surface area (Å²) in [5.41, 5.74) is 0.934. The lowest BCUT2D eigenvalue weighted by atomic mass is 10.2. The number of nitrogens with one attached hydrogen (secondary N) is 1. The summed E-state index contributed by atoms with van der Waals surface area (Å²) >= 11 is 11.8. The van der Waals surface area contributed by atoms with Crippen LogP contribution >= 0.6 is 23.2 Å². The van der Waals surface area contributed by atoms with Gasteiger partial charge in [-0.05, 0) is 36.4 Å². The maximum Gasteiger partial charge on any atom is 0.226 e. The Hall–Kier alpha value is -2.31. The molecule has 0 unspecified atom stereocenters. The molecule has 0 bridgehead atoms. The van der Waals surface area contributed by atoms with Crippen molar-refractivity contribution in [3.05, 3.63) is 52.3 Å². The number of halogens is 3. The number of hydrogen-bond donors (Lipinski definition) is 1. The van der Waals surface area contributed by atoms with E-state index in [9.17, 15) is 14.0 Å². The Balaban J connectivity index is 2.02. The lowest BCUT2D eigenvalue weighted by Crippen LogP contribution is -2.32. The van der Waals surface area contributed by atoms with Crippen LogP contribution in [0.1, 0.15) is 13.3 Å². The van der Waals surface area contributed by atoms with Crippen molar-refractivity contribution >= 4 is 46.4 Å². The van der Waals surface area contributed by atoms with Crippen LogP contribution in [-0.4, -0.2) is 25.5 Å². The van der Waals surface area contributed by atoms with E-state index in [2.05, 4.69) is 5.32 Å². The molecule has 0 heterocycles. The molecule has 0 atom stereocenters. The first-order chi connectivity index (χ1) is 12.3. The van der Waals surface area contributed by atoms with Crippen molar-refractivity contribution in [2.75, 3.05) is 23.9 Å². The van der Waals surface area contributed by atoms with Gasteiger partial charge in [-0.15, -0.1) is 0 Å². The maximum absolute atomic E-state index is 13.3. The highest BCUT2D eigenvalue weighted by Gasteiger charge is 2.15. The van der Waals surface area contributed by atoms with E-state index in [1.54, 1.807) is 18.2 Å². The largest absolute Gasteiger partial charge is 0.495 e. The monoisotopic (exact) mass is 398 g/mol. The van der Waals surface area contributed by atoms with E-state index in [0.29, 0.717) is 22.1 Å². The van der Waals surface area contributed by atoms with Crippen LogP contribution in [0, 0.1) is 5.82 Å². The van der Waals surface area contributed by atoms with Crippen molar-refractivity contribution in [3.63, 3.8) is 0 Å². The molecule has 26 heavy (non-hydrogen) atoms. The third-order valence-corrected chi connectivity index (χ3v) is 4.18. The van der Waals surface area contributed by atoms with Gasteiger partial charge in [0.15, 0.2) is 0 Å². The molecule has 0 radical (unpaired) electrons. The average molecular weight is 399 g/mol. The molecular formula is C18H17Cl2FN2O3. The van der Waals surface area contributed by atoms with Crippen LogP contribution in [0.25, 0.3) is 0 Å². The van der Waals surface area contributed by atoms with Gasteiger partial charge in [0.05, 0.1) is 17.2 Å². The summed E-state index contributed by atoms with van der Waals surface area (Å²) in [6.07, 6.45) is 0.0399. The molecule has 138 valence electrons. The molecule has 0 aromatic heterocycles. The fourth-order valence-electron chi connectivity index (χ4n) is 2.30. The number of nitrogens with zero attached hydrogens (tertiary/aromatic N) is 1. The molecule has 5 nitrogen and oxygen atoms in total. The Morgan fingerprint density at radius 2 is 1.88 bits per heavy atom. The molecule has 8 heteroatoms. The van der Waals surface area contributed by atoms with Crippen molar-refractivity contribution < 1.29 is 18.7 Å². The Labute approximate surface area is 160 Å². The van der Waals surface area contributed by atoms with Gasteiger partial charge in [0.2, 0.25) is 11.8 Å². The minimum atomic E-state index is -0.576. The minimum absolute atomic E-state index is 0.0399. The van der Waals surface area contributed by atoms with Gasteiger partial charge < -0.3 is 15.0 Å².